The predicted octanol–water partition coefficient (Wildman–Crippen LogP) is 3.04. The van der Waals surface area contributed by atoms with E-state index in [4.69, 9.17) is 32.7 Å². The zero-order valence-electron chi connectivity index (χ0n) is 27.7. The summed E-state index contributed by atoms with van der Waals surface area (Å²) in [5.41, 5.74) is -0.0988. The number of rotatable bonds is 9. The first-order valence-corrected chi connectivity index (χ1v) is 17.7. The molecule has 6 rings (SSSR count). The minimum absolute atomic E-state index is 0.137. The Balaban J connectivity index is 1.41. The molecule has 18 heteroatoms. The number of benzene rings is 2. The van der Waals surface area contributed by atoms with Gasteiger partial charge in [0.2, 0.25) is 5.91 Å². The van der Waals surface area contributed by atoms with Crippen molar-refractivity contribution in [1.29, 1.82) is 0 Å². The molecule has 282 valence electrons. The van der Waals surface area contributed by atoms with Gasteiger partial charge in [0.15, 0.2) is 23.6 Å². The summed E-state index contributed by atoms with van der Waals surface area (Å²) in [7, 11) is 0. The van der Waals surface area contributed by atoms with Crippen molar-refractivity contribution in [3.05, 3.63) is 64.0 Å². The summed E-state index contributed by atoms with van der Waals surface area (Å²) in [6.07, 6.45) is -3.72. The second kappa shape index (κ2) is 16.3. The van der Waals surface area contributed by atoms with Gasteiger partial charge >= 0.3 is 0 Å². The number of hydrogen-bond donors (Lipinski definition) is 4. The molecule has 3 fully saturated rings. The number of halogens is 5. The van der Waals surface area contributed by atoms with Gasteiger partial charge in [0.05, 0.1) is 31.1 Å². The topological polar surface area (TPSA) is 171 Å². The normalized spacial score (nSPS) is 27.1. The lowest BCUT2D eigenvalue weighted by molar-refractivity contribution is -0.217. The average Bonchev–Trinajstić information content (AvgIpc) is 3.60. The Morgan fingerprint density at radius 2 is 1.62 bits per heavy atom. The van der Waals surface area contributed by atoms with Gasteiger partial charge in [-0.3, -0.25) is 9.59 Å². The first-order valence-electron chi connectivity index (χ1n) is 16.9. The van der Waals surface area contributed by atoms with Gasteiger partial charge in [-0.15, -0.1) is 5.10 Å². The van der Waals surface area contributed by atoms with Crippen LogP contribution >= 0.6 is 23.2 Å². The second-order valence-corrected chi connectivity index (χ2v) is 14.1. The van der Waals surface area contributed by atoms with Crippen molar-refractivity contribution in [3.63, 3.8) is 0 Å². The van der Waals surface area contributed by atoms with Crippen molar-refractivity contribution in [2.75, 3.05) is 31.2 Å². The monoisotopic (exact) mass is 771 g/mol. The fourth-order valence-electron chi connectivity index (χ4n) is 7.11. The van der Waals surface area contributed by atoms with Crippen LogP contribution in [0.4, 0.5) is 18.9 Å². The number of carbonyl (C=O) groups excluding carboxylic acids is 2. The Morgan fingerprint density at radius 1 is 0.962 bits per heavy atom. The van der Waals surface area contributed by atoms with Crippen LogP contribution in [0, 0.1) is 17.5 Å². The molecule has 0 radical (unpaired) electrons. The van der Waals surface area contributed by atoms with Crippen molar-refractivity contribution in [3.8, 4) is 11.3 Å². The fourth-order valence-corrected chi connectivity index (χ4v) is 7.62. The Bertz CT molecular complexity index is 1720. The minimum atomic E-state index is -1.68. The number of piperidine rings is 1. The molecule has 0 spiro atoms. The molecule has 3 aliphatic rings. The lowest BCUT2D eigenvalue weighted by Crippen LogP contribution is -2.63. The molecule has 0 unspecified atom stereocenters. The van der Waals surface area contributed by atoms with E-state index in [2.05, 4.69) is 10.3 Å². The smallest absolute Gasteiger partial charge is 0.259 e. The van der Waals surface area contributed by atoms with Crippen LogP contribution in [0.3, 0.4) is 0 Å². The number of likely N-dealkylation sites (tertiary alicyclic amines) is 1. The summed E-state index contributed by atoms with van der Waals surface area (Å²) in [6, 6.07) is 3.67. The Kier molecular flexibility index (Phi) is 12.1. The van der Waals surface area contributed by atoms with Crippen LogP contribution in [0.25, 0.3) is 11.3 Å². The maximum absolute atomic E-state index is 14.9. The first kappa shape index (κ1) is 38.4. The number of aromatic nitrogens is 3. The lowest BCUT2D eigenvalue weighted by Gasteiger charge is -2.46. The highest BCUT2D eigenvalue weighted by atomic mass is 35.5. The number of carbonyl (C=O) groups is 2. The van der Waals surface area contributed by atoms with Crippen LogP contribution in [-0.4, -0.2) is 121 Å². The summed E-state index contributed by atoms with van der Waals surface area (Å²) < 4.78 is 55.3. The van der Waals surface area contributed by atoms with Gasteiger partial charge in [0, 0.05) is 34.4 Å². The van der Waals surface area contributed by atoms with E-state index >= 15 is 0 Å². The highest BCUT2D eigenvalue weighted by molar-refractivity contribution is 6.35. The third kappa shape index (κ3) is 8.09. The Labute approximate surface area is 306 Å². The molecule has 2 saturated heterocycles. The van der Waals surface area contributed by atoms with Crippen molar-refractivity contribution < 1.29 is 52.7 Å². The van der Waals surface area contributed by atoms with Crippen molar-refractivity contribution in [2.24, 2.45) is 0 Å². The molecule has 7 atom stereocenters. The zero-order valence-corrected chi connectivity index (χ0v) is 29.2. The van der Waals surface area contributed by atoms with Crippen LogP contribution in [0.1, 0.15) is 44.6 Å². The molecule has 0 bridgehead atoms. The van der Waals surface area contributed by atoms with Gasteiger partial charge in [0.1, 0.15) is 36.7 Å². The summed E-state index contributed by atoms with van der Waals surface area (Å²) in [4.78, 5) is 31.1. The molecule has 52 heavy (non-hydrogen) atoms. The molecule has 2 aromatic carbocycles. The van der Waals surface area contributed by atoms with E-state index in [9.17, 15) is 43.2 Å². The second-order valence-electron chi connectivity index (χ2n) is 13.2. The minimum Gasteiger partial charge on any atom is -0.394 e. The number of nitrogens with zero attached hydrogens (tertiary/aromatic N) is 5. The molecule has 1 aliphatic carbocycles. The molecule has 1 saturated carbocycles. The van der Waals surface area contributed by atoms with Gasteiger partial charge in [-0.25, -0.2) is 17.9 Å². The summed E-state index contributed by atoms with van der Waals surface area (Å²) in [5.74, 6) is -5.89. The molecule has 4 N–H and O–H groups in total. The molecule has 1 aromatic heterocycles. The molecule has 13 nitrogen and oxygen atoms in total. The lowest BCUT2D eigenvalue weighted by atomic mass is 9.88. The number of anilines is 1. The van der Waals surface area contributed by atoms with Crippen LogP contribution in [-0.2, 0) is 19.1 Å². The largest absolute Gasteiger partial charge is 0.394 e. The Morgan fingerprint density at radius 3 is 2.25 bits per heavy atom. The number of amides is 2. The molecular formula is C34H38Cl2F3N5O8. The standard InChI is InChI=1S/C34H38Cl2F3N5O8/c35-18-11-19(36)13-20(12-18)44(25-3-1-2-4-26(25)47)34(50)33-32(51-16-28(48)42-7-5-21(46)6-8-42)30(31(49)27(15-45)52-33)43-14-24(40-41-43)17-9-22(37)29(39)23(38)10-17/h9-14,21,25-27,30-33,45-47,49H,1-8,15-16H2/t25-,26-,27+,30-,31-,32+,33+/m0/s1. The van der Waals surface area contributed by atoms with E-state index in [0.717, 1.165) is 4.68 Å². The van der Waals surface area contributed by atoms with Gasteiger partial charge in [0.25, 0.3) is 5.91 Å². The van der Waals surface area contributed by atoms with E-state index in [1.807, 2.05) is 0 Å². The zero-order chi connectivity index (χ0) is 37.3. The molecule has 2 amide bonds. The first-order chi connectivity index (χ1) is 24.9. The van der Waals surface area contributed by atoms with E-state index in [1.165, 1.54) is 34.2 Å². The van der Waals surface area contributed by atoms with Gasteiger partial charge in [-0.2, -0.15) is 0 Å². The molecule has 3 aromatic rings. The highest BCUT2D eigenvalue weighted by Gasteiger charge is 2.52. The summed E-state index contributed by atoms with van der Waals surface area (Å²) in [6.45, 7) is -0.878. The van der Waals surface area contributed by atoms with Crippen LogP contribution < -0.4 is 4.90 Å². The third-order valence-electron chi connectivity index (χ3n) is 9.81. The predicted molar refractivity (Wildman–Crippen MR) is 180 cm³/mol. The van der Waals surface area contributed by atoms with E-state index in [0.29, 0.717) is 50.7 Å². The summed E-state index contributed by atoms with van der Waals surface area (Å²) >= 11 is 12.7. The number of ether oxygens (including phenoxy) is 2. The quantitative estimate of drug-likeness (QED) is 0.237. The fraction of sp³-hybridized carbons (Fsp3) is 0.529. The van der Waals surface area contributed by atoms with Crippen molar-refractivity contribution in [1.82, 2.24) is 19.9 Å². The SMILES string of the molecule is O=C(CO[C@@H]1[C@@H](n2cc(-c3cc(F)c(F)c(F)c3)nn2)[C@@H](O)[C@@H](CO)O[C@H]1C(=O)N(c1cc(Cl)cc(Cl)c1)[C@H]1CCCC[C@@H]1O)N1CCC(O)CC1. The maximum atomic E-state index is 14.9. The maximum Gasteiger partial charge on any atom is 0.259 e. The Hall–Kier alpha value is -3.35. The van der Waals surface area contributed by atoms with Crippen LogP contribution in [0.15, 0.2) is 36.5 Å². The molecule has 3 heterocycles. The highest BCUT2D eigenvalue weighted by Crippen LogP contribution is 2.38. The molecule has 2 aliphatic heterocycles. The number of hydrogen-bond acceptors (Lipinski definition) is 10. The van der Waals surface area contributed by atoms with Gasteiger partial charge in [-0.05, 0) is 56.0 Å². The van der Waals surface area contributed by atoms with Crippen LogP contribution in [0.5, 0.6) is 0 Å². The summed E-state index contributed by atoms with van der Waals surface area (Å²) in [5, 5.41) is 51.4. The molecular weight excluding hydrogens is 734 g/mol. The third-order valence-corrected chi connectivity index (χ3v) is 10.2. The average molecular weight is 773 g/mol. The van der Waals surface area contributed by atoms with E-state index < -0.39 is 91.2 Å². The van der Waals surface area contributed by atoms with Crippen molar-refractivity contribution >= 4 is 40.7 Å². The van der Waals surface area contributed by atoms with E-state index in [-0.39, 0.29) is 40.1 Å². The van der Waals surface area contributed by atoms with Crippen LogP contribution in [0.2, 0.25) is 10.0 Å². The number of aliphatic hydroxyl groups is 4. The van der Waals surface area contributed by atoms with Gasteiger partial charge in [-0.1, -0.05) is 41.3 Å². The van der Waals surface area contributed by atoms with Crippen molar-refractivity contribution in [2.45, 2.75) is 87.2 Å². The van der Waals surface area contributed by atoms with E-state index in [1.54, 1.807) is 0 Å². The van der Waals surface area contributed by atoms with Gasteiger partial charge < -0.3 is 39.7 Å². The number of aliphatic hydroxyl groups excluding tert-OH is 4.